The number of para-hydroxylation sites is 1. The van der Waals surface area contributed by atoms with Gasteiger partial charge in [-0.1, -0.05) is 30.3 Å². The number of aromatic nitrogens is 2. The summed E-state index contributed by atoms with van der Waals surface area (Å²) in [5.74, 6) is -0.294. The maximum atomic E-state index is 15.4. The van der Waals surface area contributed by atoms with Gasteiger partial charge in [-0.2, -0.15) is 0 Å². The number of ether oxygens (including phenoxy) is 3. The van der Waals surface area contributed by atoms with Crippen LogP contribution in [0.5, 0.6) is 11.5 Å². The molecule has 0 N–H and O–H groups in total. The SMILES string of the molecule is COCCN(Cc1ccc(-c2cc3nccc(Oc4ccc(CC(=O)N5CCN(c6ccccc6)C5=S)cc4F)c3s2)nc1)C(=O)OC(C)(C)C. The van der Waals surface area contributed by atoms with Gasteiger partial charge in [0.1, 0.15) is 11.4 Å². The van der Waals surface area contributed by atoms with Gasteiger partial charge < -0.3 is 24.0 Å². The summed E-state index contributed by atoms with van der Waals surface area (Å²) in [5, 5.41) is 0.442. The van der Waals surface area contributed by atoms with Gasteiger partial charge in [0.25, 0.3) is 0 Å². The van der Waals surface area contributed by atoms with Crippen LogP contribution in [-0.4, -0.2) is 75.8 Å². The van der Waals surface area contributed by atoms with Crippen molar-refractivity contribution in [1.82, 2.24) is 19.8 Å². The number of anilines is 1. The largest absolute Gasteiger partial charge is 0.453 e. The number of fused-ring (bicyclic) bond motifs is 1. The van der Waals surface area contributed by atoms with Crippen molar-refractivity contribution < 1.29 is 28.2 Å². The monoisotopic (exact) mass is 727 g/mol. The smallest absolute Gasteiger partial charge is 0.410 e. The summed E-state index contributed by atoms with van der Waals surface area (Å²) >= 11 is 7.02. The first-order valence-electron chi connectivity index (χ1n) is 16.4. The van der Waals surface area contributed by atoms with E-state index in [0.29, 0.717) is 54.7 Å². The summed E-state index contributed by atoms with van der Waals surface area (Å²) < 4.78 is 32.9. The fourth-order valence-corrected chi connectivity index (χ4v) is 6.94. The Hall–Kier alpha value is -4.98. The van der Waals surface area contributed by atoms with Gasteiger partial charge in [0, 0.05) is 50.9 Å². The van der Waals surface area contributed by atoms with Crippen LogP contribution in [-0.2, 0) is 27.2 Å². The number of carbonyl (C=O) groups is 2. The number of halogens is 1. The van der Waals surface area contributed by atoms with Crippen LogP contribution in [0.4, 0.5) is 14.9 Å². The molecule has 1 fully saturated rings. The Morgan fingerprint density at radius 2 is 1.76 bits per heavy atom. The highest BCUT2D eigenvalue weighted by atomic mass is 32.1. The van der Waals surface area contributed by atoms with Gasteiger partial charge in [0.2, 0.25) is 5.91 Å². The summed E-state index contributed by atoms with van der Waals surface area (Å²) in [5.41, 5.74) is 3.07. The first kappa shape index (κ1) is 35.8. The van der Waals surface area contributed by atoms with Crippen molar-refractivity contribution in [1.29, 1.82) is 0 Å². The Labute approximate surface area is 305 Å². The highest BCUT2D eigenvalue weighted by Crippen LogP contribution is 2.39. The van der Waals surface area contributed by atoms with Crippen LogP contribution >= 0.6 is 23.6 Å². The van der Waals surface area contributed by atoms with Crippen molar-refractivity contribution in [3.8, 4) is 22.1 Å². The minimum Gasteiger partial charge on any atom is -0.453 e. The van der Waals surface area contributed by atoms with E-state index in [2.05, 4.69) is 9.97 Å². The molecular weight excluding hydrogens is 690 g/mol. The van der Waals surface area contributed by atoms with Crippen molar-refractivity contribution in [3.05, 3.63) is 102 Å². The summed E-state index contributed by atoms with van der Waals surface area (Å²) in [6.07, 6.45) is 2.92. The molecule has 0 unspecified atom stereocenters. The molecule has 0 radical (unpaired) electrons. The maximum absolute atomic E-state index is 15.4. The summed E-state index contributed by atoms with van der Waals surface area (Å²) in [6.45, 7) is 7.62. The molecule has 0 spiro atoms. The van der Waals surface area contributed by atoms with E-state index in [0.717, 1.165) is 26.5 Å². The van der Waals surface area contributed by atoms with E-state index < -0.39 is 17.5 Å². The van der Waals surface area contributed by atoms with Crippen molar-refractivity contribution >= 4 is 56.6 Å². The molecule has 1 aliphatic rings. The number of methoxy groups -OCH3 is 1. The van der Waals surface area contributed by atoms with E-state index in [1.165, 1.54) is 23.5 Å². The predicted molar refractivity (Wildman–Crippen MR) is 200 cm³/mol. The molecule has 6 rings (SSSR count). The van der Waals surface area contributed by atoms with Gasteiger partial charge in [-0.3, -0.25) is 19.7 Å². The molecule has 4 heterocycles. The third-order valence-corrected chi connectivity index (χ3v) is 9.60. The molecule has 2 amide bonds. The summed E-state index contributed by atoms with van der Waals surface area (Å²) in [6, 6.07) is 21.6. The Bertz CT molecular complexity index is 2030. The topological polar surface area (TPSA) is 97.3 Å². The fraction of sp³-hybridized carbons (Fsp3) is 0.289. The fourth-order valence-electron chi connectivity index (χ4n) is 5.51. The van der Waals surface area contributed by atoms with E-state index in [4.69, 9.17) is 26.4 Å². The van der Waals surface area contributed by atoms with Gasteiger partial charge in [0.15, 0.2) is 16.7 Å². The zero-order chi connectivity index (χ0) is 36.1. The lowest BCUT2D eigenvalue weighted by Gasteiger charge is -2.27. The number of carbonyl (C=O) groups excluding carboxylic acids is 2. The number of benzene rings is 2. The Kier molecular flexibility index (Phi) is 10.9. The number of hydrogen-bond donors (Lipinski definition) is 0. The highest BCUT2D eigenvalue weighted by Gasteiger charge is 2.30. The molecule has 2 aromatic carbocycles. The van der Waals surface area contributed by atoms with Crippen molar-refractivity contribution in [2.45, 2.75) is 39.3 Å². The lowest BCUT2D eigenvalue weighted by atomic mass is 10.1. The van der Waals surface area contributed by atoms with Gasteiger partial charge in [0.05, 0.1) is 40.4 Å². The third-order valence-electron chi connectivity index (χ3n) is 7.99. The Morgan fingerprint density at radius 1 is 0.980 bits per heavy atom. The van der Waals surface area contributed by atoms with Crippen LogP contribution in [0.25, 0.3) is 20.8 Å². The molecule has 0 aliphatic carbocycles. The van der Waals surface area contributed by atoms with E-state index in [-0.39, 0.29) is 18.1 Å². The quantitative estimate of drug-likeness (QED) is 0.126. The Morgan fingerprint density at radius 3 is 2.47 bits per heavy atom. The molecule has 3 aromatic heterocycles. The van der Waals surface area contributed by atoms with Gasteiger partial charge in [-0.25, -0.2) is 9.18 Å². The number of amides is 2. The zero-order valence-corrected chi connectivity index (χ0v) is 30.4. The first-order valence-corrected chi connectivity index (χ1v) is 17.7. The number of hydrogen-bond acceptors (Lipinski definition) is 9. The average molecular weight is 728 g/mol. The molecule has 0 bridgehead atoms. The van der Waals surface area contributed by atoms with Crippen LogP contribution in [0, 0.1) is 5.82 Å². The van der Waals surface area contributed by atoms with Crippen LogP contribution in [0.3, 0.4) is 0 Å². The average Bonchev–Trinajstić information content (AvgIpc) is 3.72. The molecule has 264 valence electrons. The highest BCUT2D eigenvalue weighted by molar-refractivity contribution is 7.80. The molecular formula is C38H38FN5O5S2. The van der Waals surface area contributed by atoms with E-state index in [1.807, 2.05) is 74.2 Å². The minimum absolute atomic E-state index is 0.00569. The van der Waals surface area contributed by atoms with E-state index in [1.54, 1.807) is 41.4 Å². The van der Waals surface area contributed by atoms with E-state index >= 15 is 4.39 Å². The number of thiophene rings is 1. The minimum atomic E-state index is -0.618. The molecule has 5 aromatic rings. The van der Waals surface area contributed by atoms with Crippen LogP contribution in [0.2, 0.25) is 0 Å². The molecule has 0 atom stereocenters. The molecule has 10 nitrogen and oxygen atoms in total. The number of thiocarbonyl (C=S) groups is 1. The zero-order valence-electron chi connectivity index (χ0n) is 28.8. The standard InChI is InChI=1S/C38H38FN5O5S2/c1-38(2,3)49-37(46)42(18-19-47-4)24-26-10-12-29(41-23-26)33-22-30-35(51-33)32(14-15-40-30)48-31-13-11-25(20-28(31)39)21-34(45)44-17-16-43(36(44)50)27-8-6-5-7-9-27/h5-15,20,22-23H,16-19,21,24H2,1-4H3. The molecule has 0 saturated carbocycles. The molecule has 1 saturated heterocycles. The molecule has 13 heteroatoms. The van der Waals surface area contributed by atoms with Crippen LogP contribution in [0.15, 0.2) is 85.2 Å². The van der Waals surface area contributed by atoms with Gasteiger partial charge >= 0.3 is 6.09 Å². The van der Waals surface area contributed by atoms with Crippen molar-refractivity contribution in [2.24, 2.45) is 0 Å². The van der Waals surface area contributed by atoms with Crippen molar-refractivity contribution in [3.63, 3.8) is 0 Å². The lowest BCUT2D eigenvalue weighted by molar-refractivity contribution is -0.126. The van der Waals surface area contributed by atoms with Gasteiger partial charge in [-0.05, 0) is 80.5 Å². The first-order chi connectivity index (χ1) is 24.5. The lowest BCUT2D eigenvalue weighted by Crippen LogP contribution is -2.38. The van der Waals surface area contributed by atoms with Crippen LogP contribution in [0.1, 0.15) is 31.9 Å². The van der Waals surface area contributed by atoms with Crippen LogP contribution < -0.4 is 9.64 Å². The van der Waals surface area contributed by atoms with Gasteiger partial charge in [-0.15, -0.1) is 11.3 Å². The maximum Gasteiger partial charge on any atom is 0.410 e. The normalized spacial score (nSPS) is 13.2. The third kappa shape index (κ3) is 8.67. The van der Waals surface area contributed by atoms with E-state index in [9.17, 15) is 9.59 Å². The molecule has 51 heavy (non-hydrogen) atoms. The Balaban J connectivity index is 1.12. The molecule has 1 aliphatic heterocycles. The second-order valence-corrected chi connectivity index (χ2v) is 14.4. The summed E-state index contributed by atoms with van der Waals surface area (Å²) in [7, 11) is 1.59. The second kappa shape index (κ2) is 15.5. The number of nitrogens with zero attached hydrogens (tertiary/aromatic N) is 5. The number of rotatable bonds is 11. The number of pyridine rings is 2. The predicted octanol–water partition coefficient (Wildman–Crippen LogP) is 7.85. The second-order valence-electron chi connectivity index (χ2n) is 12.9. The summed E-state index contributed by atoms with van der Waals surface area (Å²) in [4.78, 5) is 41.0. The van der Waals surface area contributed by atoms with Crippen molar-refractivity contribution in [2.75, 3.05) is 38.3 Å².